The van der Waals surface area contributed by atoms with Crippen molar-refractivity contribution in [3.63, 3.8) is 0 Å². The fourth-order valence-electron chi connectivity index (χ4n) is 0.987. The molecule has 1 amide bonds. The first-order chi connectivity index (χ1) is 7.00. The molecule has 1 aromatic carbocycles. The van der Waals surface area contributed by atoms with Gasteiger partial charge in [-0.1, -0.05) is 18.2 Å². The van der Waals surface area contributed by atoms with Crippen molar-refractivity contribution < 1.29 is 9.18 Å². The summed E-state index contributed by atoms with van der Waals surface area (Å²) in [6.45, 7) is 3.50. The maximum absolute atomic E-state index is 13.2. The van der Waals surface area contributed by atoms with E-state index in [0.29, 0.717) is 0 Å². The molecule has 15 heavy (non-hydrogen) atoms. The number of nitrogens with two attached hydrogens (primary N) is 1. The van der Waals surface area contributed by atoms with E-state index in [1.54, 1.807) is 0 Å². The number of anilines is 1. The molecule has 0 aliphatic carbocycles. The molecule has 0 radical (unpaired) electrons. The van der Waals surface area contributed by atoms with E-state index >= 15 is 0 Å². The molecule has 1 aromatic rings. The van der Waals surface area contributed by atoms with Crippen LogP contribution >= 0.6 is 11.6 Å². The molecular formula is C10H10ClFN2O. The Morgan fingerprint density at radius 1 is 1.60 bits per heavy atom. The summed E-state index contributed by atoms with van der Waals surface area (Å²) in [5, 5.41) is 2.68. The minimum absolute atomic E-state index is 0.0675. The van der Waals surface area contributed by atoms with E-state index in [1.807, 2.05) is 0 Å². The summed E-state index contributed by atoms with van der Waals surface area (Å²) in [5.74, 6) is -1.21. The van der Waals surface area contributed by atoms with Crippen LogP contribution in [0.3, 0.4) is 0 Å². The number of carbonyl (C=O) groups excluding carboxylic acids is 1. The smallest absolute Gasteiger partial charge is 0.254 e. The van der Waals surface area contributed by atoms with E-state index < -0.39 is 11.7 Å². The van der Waals surface area contributed by atoms with Gasteiger partial charge in [0, 0.05) is 10.7 Å². The number of halogens is 2. The second kappa shape index (κ2) is 4.79. The molecule has 0 fully saturated rings. The Hall–Kier alpha value is -1.55. The van der Waals surface area contributed by atoms with Crippen molar-refractivity contribution in [2.45, 2.75) is 0 Å². The molecule has 0 aromatic heterocycles. The number of amides is 1. The normalized spacial score (nSPS) is 9.73. The van der Waals surface area contributed by atoms with E-state index in [2.05, 4.69) is 11.9 Å². The summed E-state index contributed by atoms with van der Waals surface area (Å²) in [7, 11) is 0. The second-order valence-corrected chi connectivity index (χ2v) is 3.47. The SMILES string of the molecule is C=C(Cl)CNC(=O)c1ccc(N)cc1F. The number of hydrogen-bond donors (Lipinski definition) is 2. The summed E-state index contributed by atoms with van der Waals surface area (Å²) in [4.78, 5) is 11.4. The van der Waals surface area contributed by atoms with Crippen LogP contribution in [-0.4, -0.2) is 12.5 Å². The molecule has 0 heterocycles. The maximum Gasteiger partial charge on any atom is 0.254 e. The highest BCUT2D eigenvalue weighted by atomic mass is 35.5. The van der Waals surface area contributed by atoms with Gasteiger partial charge in [-0.3, -0.25) is 4.79 Å². The Bertz CT molecular complexity index is 406. The first-order valence-corrected chi connectivity index (χ1v) is 4.55. The highest BCUT2D eigenvalue weighted by Crippen LogP contribution is 2.11. The molecule has 0 bridgehead atoms. The van der Waals surface area contributed by atoms with E-state index in [-0.39, 0.29) is 22.8 Å². The van der Waals surface area contributed by atoms with Gasteiger partial charge in [-0.05, 0) is 18.2 Å². The van der Waals surface area contributed by atoms with Crippen LogP contribution in [0.4, 0.5) is 10.1 Å². The molecule has 0 unspecified atom stereocenters. The van der Waals surface area contributed by atoms with Crippen LogP contribution in [0.5, 0.6) is 0 Å². The van der Waals surface area contributed by atoms with Crippen LogP contribution in [0.1, 0.15) is 10.4 Å². The maximum atomic E-state index is 13.2. The van der Waals surface area contributed by atoms with Crippen molar-refractivity contribution in [2.24, 2.45) is 0 Å². The minimum Gasteiger partial charge on any atom is -0.399 e. The molecule has 0 spiro atoms. The van der Waals surface area contributed by atoms with Crippen LogP contribution in [0.25, 0.3) is 0 Å². The molecule has 0 saturated carbocycles. The lowest BCUT2D eigenvalue weighted by Crippen LogP contribution is -2.25. The lowest BCUT2D eigenvalue weighted by Gasteiger charge is -2.05. The third kappa shape index (κ3) is 3.25. The van der Waals surface area contributed by atoms with Gasteiger partial charge in [0.05, 0.1) is 12.1 Å². The number of benzene rings is 1. The van der Waals surface area contributed by atoms with Crippen LogP contribution in [-0.2, 0) is 0 Å². The van der Waals surface area contributed by atoms with Crippen LogP contribution in [0, 0.1) is 5.82 Å². The molecule has 80 valence electrons. The molecule has 3 nitrogen and oxygen atoms in total. The summed E-state index contributed by atoms with van der Waals surface area (Å²) in [6, 6.07) is 3.86. The molecule has 0 atom stereocenters. The molecule has 0 aliphatic heterocycles. The fourth-order valence-corrected chi connectivity index (χ4v) is 1.05. The minimum atomic E-state index is -0.660. The second-order valence-electron chi connectivity index (χ2n) is 2.94. The molecule has 1 rings (SSSR count). The number of rotatable bonds is 3. The van der Waals surface area contributed by atoms with Gasteiger partial charge in [-0.25, -0.2) is 4.39 Å². The number of nitrogen functional groups attached to an aromatic ring is 1. The van der Waals surface area contributed by atoms with Gasteiger partial charge in [0.1, 0.15) is 5.82 Å². The zero-order valence-electron chi connectivity index (χ0n) is 7.89. The molecule has 5 heteroatoms. The predicted molar refractivity (Wildman–Crippen MR) is 58.1 cm³/mol. The van der Waals surface area contributed by atoms with E-state index in [0.717, 1.165) is 6.07 Å². The standard InChI is InChI=1S/C10H10ClFN2O/c1-6(11)5-14-10(15)8-3-2-7(13)4-9(8)12/h2-4H,1,5,13H2,(H,14,15). The summed E-state index contributed by atoms with van der Waals surface area (Å²) in [5.41, 5.74) is 5.54. The summed E-state index contributed by atoms with van der Waals surface area (Å²) < 4.78 is 13.2. The van der Waals surface area contributed by atoms with E-state index in [9.17, 15) is 9.18 Å². The lowest BCUT2D eigenvalue weighted by atomic mass is 10.2. The van der Waals surface area contributed by atoms with E-state index in [4.69, 9.17) is 17.3 Å². The third-order valence-electron chi connectivity index (χ3n) is 1.68. The first-order valence-electron chi connectivity index (χ1n) is 4.17. The number of nitrogens with one attached hydrogen (secondary N) is 1. The Morgan fingerprint density at radius 3 is 2.80 bits per heavy atom. The van der Waals surface area contributed by atoms with Gasteiger partial charge in [0.2, 0.25) is 0 Å². The summed E-state index contributed by atoms with van der Waals surface area (Å²) in [6.07, 6.45) is 0. The van der Waals surface area contributed by atoms with Crippen molar-refractivity contribution in [3.8, 4) is 0 Å². The van der Waals surface area contributed by atoms with Crippen LogP contribution in [0.2, 0.25) is 0 Å². The van der Waals surface area contributed by atoms with Crippen molar-refractivity contribution >= 4 is 23.2 Å². The Labute approximate surface area is 91.7 Å². The quantitative estimate of drug-likeness (QED) is 0.777. The van der Waals surface area contributed by atoms with Gasteiger partial charge in [0.15, 0.2) is 0 Å². The van der Waals surface area contributed by atoms with Crippen molar-refractivity contribution in [2.75, 3.05) is 12.3 Å². The highest BCUT2D eigenvalue weighted by Gasteiger charge is 2.10. The molecular weight excluding hydrogens is 219 g/mol. The largest absolute Gasteiger partial charge is 0.399 e. The lowest BCUT2D eigenvalue weighted by molar-refractivity contribution is 0.0953. The molecule has 0 saturated heterocycles. The Morgan fingerprint density at radius 2 is 2.27 bits per heavy atom. The van der Waals surface area contributed by atoms with Crippen molar-refractivity contribution in [3.05, 3.63) is 41.2 Å². The number of hydrogen-bond acceptors (Lipinski definition) is 2. The monoisotopic (exact) mass is 228 g/mol. The zero-order chi connectivity index (χ0) is 11.4. The molecule has 3 N–H and O–H groups in total. The Kier molecular flexibility index (Phi) is 3.68. The third-order valence-corrected chi connectivity index (χ3v) is 1.81. The van der Waals surface area contributed by atoms with Gasteiger partial charge in [-0.15, -0.1) is 0 Å². The zero-order valence-corrected chi connectivity index (χ0v) is 8.64. The Balaban J connectivity index is 2.78. The average Bonchev–Trinajstić information content (AvgIpc) is 2.14. The van der Waals surface area contributed by atoms with Crippen LogP contribution in [0.15, 0.2) is 29.8 Å². The number of carbonyl (C=O) groups is 1. The molecule has 0 aliphatic rings. The van der Waals surface area contributed by atoms with E-state index in [1.165, 1.54) is 12.1 Å². The van der Waals surface area contributed by atoms with Gasteiger partial charge >= 0.3 is 0 Å². The highest BCUT2D eigenvalue weighted by molar-refractivity contribution is 6.29. The fraction of sp³-hybridized carbons (Fsp3) is 0.100. The van der Waals surface area contributed by atoms with Crippen molar-refractivity contribution in [1.29, 1.82) is 0 Å². The topological polar surface area (TPSA) is 55.1 Å². The predicted octanol–water partition coefficient (Wildman–Crippen LogP) is 1.89. The first kappa shape index (κ1) is 11.5. The van der Waals surface area contributed by atoms with Crippen molar-refractivity contribution in [1.82, 2.24) is 5.32 Å². The van der Waals surface area contributed by atoms with Gasteiger partial charge in [-0.2, -0.15) is 0 Å². The summed E-state index contributed by atoms with van der Waals surface area (Å²) >= 11 is 5.45. The van der Waals surface area contributed by atoms with Crippen LogP contribution < -0.4 is 11.1 Å². The van der Waals surface area contributed by atoms with Gasteiger partial charge < -0.3 is 11.1 Å². The van der Waals surface area contributed by atoms with Gasteiger partial charge in [0.25, 0.3) is 5.91 Å². The average molecular weight is 229 g/mol.